The number of nitrogens with zero attached hydrogens (tertiary/aromatic N) is 3. The average Bonchev–Trinajstić information content (AvgIpc) is 3.28. The van der Waals surface area contributed by atoms with Crippen LogP contribution in [0.1, 0.15) is 23.2 Å². The topological polar surface area (TPSA) is 68.0 Å². The molecular formula is C24H27N3O4. The van der Waals surface area contributed by atoms with E-state index >= 15 is 0 Å². The van der Waals surface area contributed by atoms with Crippen molar-refractivity contribution in [1.29, 1.82) is 0 Å². The fraction of sp³-hybridized carbons (Fsp3) is 0.333. The number of piperazine rings is 1. The van der Waals surface area contributed by atoms with Crippen LogP contribution in [-0.4, -0.2) is 55.7 Å². The second kappa shape index (κ2) is 9.22. The van der Waals surface area contributed by atoms with E-state index in [2.05, 4.69) is 21.7 Å². The molecule has 1 aliphatic heterocycles. The summed E-state index contributed by atoms with van der Waals surface area (Å²) in [6.07, 6.45) is 1.78. The van der Waals surface area contributed by atoms with Gasteiger partial charge in [-0.25, -0.2) is 9.78 Å². The molecule has 31 heavy (non-hydrogen) atoms. The number of esters is 1. The first-order chi connectivity index (χ1) is 15.1. The molecule has 0 saturated carbocycles. The minimum absolute atomic E-state index is 0.315. The van der Waals surface area contributed by atoms with E-state index in [0.29, 0.717) is 24.0 Å². The number of hydrogen-bond acceptors (Lipinski definition) is 7. The van der Waals surface area contributed by atoms with Gasteiger partial charge in [0, 0.05) is 36.9 Å². The quantitative estimate of drug-likeness (QED) is 0.560. The summed E-state index contributed by atoms with van der Waals surface area (Å²) >= 11 is 0. The Balaban J connectivity index is 1.36. The number of ether oxygens (including phenoxy) is 2. The van der Waals surface area contributed by atoms with Gasteiger partial charge in [-0.15, -0.1) is 0 Å². The minimum atomic E-state index is -0.315. The molecule has 4 rings (SSSR count). The van der Waals surface area contributed by atoms with Gasteiger partial charge in [-0.3, -0.25) is 4.90 Å². The molecule has 0 spiro atoms. The van der Waals surface area contributed by atoms with E-state index in [0.717, 1.165) is 42.4 Å². The molecule has 7 heteroatoms. The van der Waals surface area contributed by atoms with Crippen LogP contribution in [0.5, 0.6) is 5.75 Å². The molecule has 1 aliphatic rings. The molecule has 2 heterocycles. The summed E-state index contributed by atoms with van der Waals surface area (Å²) in [5, 5.41) is 0. The van der Waals surface area contributed by atoms with Crippen molar-refractivity contribution >= 4 is 11.7 Å². The summed E-state index contributed by atoms with van der Waals surface area (Å²) in [6.45, 7) is 5.58. The van der Waals surface area contributed by atoms with Crippen LogP contribution < -0.4 is 9.64 Å². The standard InChI is InChI=1S/C24H27N3O4/c1-17-15-27(20-8-4-19(5-9-20)24(28)30-3)13-12-26(17)16-23-25-14-22(31-23)18-6-10-21(29-2)11-7-18/h4-11,14,17H,12-13,15-16H2,1-3H3. The normalized spacial score (nSPS) is 16.9. The molecule has 162 valence electrons. The Bertz CT molecular complexity index is 1010. The summed E-state index contributed by atoms with van der Waals surface area (Å²) in [5.41, 5.74) is 2.65. The zero-order chi connectivity index (χ0) is 21.8. The van der Waals surface area contributed by atoms with Crippen molar-refractivity contribution < 1.29 is 18.7 Å². The SMILES string of the molecule is COC(=O)c1ccc(N2CCN(Cc3ncc(-c4ccc(OC)cc4)o3)C(C)C2)cc1. The summed E-state index contributed by atoms with van der Waals surface area (Å²) < 4.78 is 16.0. The molecular weight excluding hydrogens is 394 g/mol. The van der Waals surface area contributed by atoms with Crippen molar-refractivity contribution in [3.05, 3.63) is 66.2 Å². The van der Waals surface area contributed by atoms with Crippen molar-refractivity contribution in [3.8, 4) is 17.1 Å². The maximum Gasteiger partial charge on any atom is 0.337 e. The minimum Gasteiger partial charge on any atom is -0.497 e. The third-order valence-corrected chi connectivity index (χ3v) is 5.69. The number of benzene rings is 2. The fourth-order valence-electron chi connectivity index (χ4n) is 3.84. The van der Waals surface area contributed by atoms with E-state index in [1.165, 1.54) is 7.11 Å². The lowest BCUT2D eigenvalue weighted by Crippen LogP contribution is -2.51. The highest BCUT2D eigenvalue weighted by Crippen LogP contribution is 2.25. The predicted octanol–water partition coefficient (Wildman–Crippen LogP) is 3.85. The van der Waals surface area contributed by atoms with Crippen LogP contribution in [-0.2, 0) is 11.3 Å². The number of methoxy groups -OCH3 is 2. The van der Waals surface area contributed by atoms with E-state index in [1.807, 2.05) is 48.5 Å². The Kier molecular flexibility index (Phi) is 6.23. The maximum atomic E-state index is 11.6. The van der Waals surface area contributed by atoms with E-state index in [9.17, 15) is 4.79 Å². The average molecular weight is 421 g/mol. The number of rotatable bonds is 6. The molecule has 0 aliphatic carbocycles. The molecule has 3 aromatic rings. The van der Waals surface area contributed by atoms with Gasteiger partial charge in [0.2, 0.25) is 5.89 Å². The Labute approximate surface area is 182 Å². The number of anilines is 1. The second-order valence-corrected chi connectivity index (χ2v) is 7.65. The van der Waals surface area contributed by atoms with Crippen LogP contribution in [0.4, 0.5) is 5.69 Å². The van der Waals surface area contributed by atoms with Gasteiger partial charge >= 0.3 is 5.97 Å². The van der Waals surface area contributed by atoms with E-state index in [4.69, 9.17) is 13.9 Å². The van der Waals surface area contributed by atoms with Gasteiger partial charge < -0.3 is 18.8 Å². The maximum absolute atomic E-state index is 11.6. The first-order valence-electron chi connectivity index (χ1n) is 10.3. The predicted molar refractivity (Wildman–Crippen MR) is 118 cm³/mol. The number of oxazole rings is 1. The zero-order valence-corrected chi connectivity index (χ0v) is 18.1. The number of carbonyl (C=O) groups excluding carboxylic acids is 1. The molecule has 0 radical (unpaired) electrons. The summed E-state index contributed by atoms with van der Waals surface area (Å²) in [7, 11) is 3.05. The van der Waals surface area contributed by atoms with Gasteiger partial charge in [-0.05, 0) is 55.5 Å². The van der Waals surface area contributed by atoms with E-state index in [-0.39, 0.29) is 5.97 Å². The van der Waals surface area contributed by atoms with Gasteiger partial charge in [-0.2, -0.15) is 0 Å². The number of hydrogen-bond donors (Lipinski definition) is 0. The highest BCUT2D eigenvalue weighted by atomic mass is 16.5. The third-order valence-electron chi connectivity index (χ3n) is 5.69. The molecule has 1 atom stereocenters. The lowest BCUT2D eigenvalue weighted by molar-refractivity contribution is 0.0600. The van der Waals surface area contributed by atoms with Crippen molar-refractivity contribution in [2.45, 2.75) is 19.5 Å². The Morgan fingerprint density at radius 2 is 1.84 bits per heavy atom. The fourth-order valence-corrected chi connectivity index (χ4v) is 3.84. The first-order valence-corrected chi connectivity index (χ1v) is 10.3. The van der Waals surface area contributed by atoms with Gasteiger partial charge in [0.05, 0.1) is 32.5 Å². The van der Waals surface area contributed by atoms with Crippen LogP contribution in [0.25, 0.3) is 11.3 Å². The monoisotopic (exact) mass is 421 g/mol. The lowest BCUT2D eigenvalue weighted by Gasteiger charge is -2.40. The number of aromatic nitrogens is 1. The molecule has 7 nitrogen and oxygen atoms in total. The van der Waals surface area contributed by atoms with Crippen molar-refractivity contribution in [2.75, 3.05) is 38.8 Å². The lowest BCUT2D eigenvalue weighted by atomic mass is 10.1. The van der Waals surface area contributed by atoms with Crippen LogP contribution in [0.15, 0.2) is 59.1 Å². The van der Waals surface area contributed by atoms with Gasteiger partial charge in [0.25, 0.3) is 0 Å². The molecule has 1 saturated heterocycles. The molecule has 1 fully saturated rings. The van der Waals surface area contributed by atoms with E-state index < -0.39 is 0 Å². The van der Waals surface area contributed by atoms with Crippen molar-refractivity contribution in [2.24, 2.45) is 0 Å². The second-order valence-electron chi connectivity index (χ2n) is 7.65. The van der Waals surface area contributed by atoms with Crippen LogP contribution in [0, 0.1) is 0 Å². The summed E-state index contributed by atoms with van der Waals surface area (Å²) in [4.78, 5) is 20.8. The van der Waals surface area contributed by atoms with Crippen molar-refractivity contribution in [3.63, 3.8) is 0 Å². The smallest absolute Gasteiger partial charge is 0.337 e. The summed E-state index contributed by atoms with van der Waals surface area (Å²) in [6, 6.07) is 15.7. The third kappa shape index (κ3) is 4.72. The highest BCUT2D eigenvalue weighted by Gasteiger charge is 2.25. The Morgan fingerprint density at radius 3 is 2.48 bits per heavy atom. The van der Waals surface area contributed by atoms with Gasteiger partial charge in [-0.1, -0.05) is 0 Å². The largest absolute Gasteiger partial charge is 0.497 e. The molecule has 1 aromatic heterocycles. The zero-order valence-electron chi connectivity index (χ0n) is 18.1. The Hall–Kier alpha value is -3.32. The number of carbonyl (C=O) groups is 1. The van der Waals surface area contributed by atoms with E-state index in [1.54, 1.807) is 13.3 Å². The molecule has 0 bridgehead atoms. The highest BCUT2D eigenvalue weighted by molar-refractivity contribution is 5.89. The molecule has 0 N–H and O–H groups in total. The van der Waals surface area contributed by atoms with Crippen LogP contribution in [0.3, 0.4) is 0 Å². The van der Waals surface area contributed by atoms with Crippen LogP contribution in [0.2, 0.25) is 0 Å². The molecule has 1 unspecified atom stereocenters. The first kappa shape index (κ1) is 20.9. The Morgan fingerprint density at radius 1 is 1.10 bits per heavy atom. The summed E-state index contributed by atoms with van der Waals surface area (Å²) in [5.74, 6) is 1.98. The van der Waals surface area contributed by atoms with Gasteiger partial charge in [0.1, 0.15) is 5.75 Å². The van der Waals surface area contributed by atoms with Gasteiger partial charge in [0.15, 0.2) is 5.76 Å². The molecule has 0 amide bonds. The van der Waals surface area contributed by atoms with Crippen LogP contribution >= 0.6 is 0 Å². The molecule has 2 aromatic carbocycles. The van der Waals surface area contributed by atoms with Crippen molar-refractivity contribution in [1.82, 2.24) is 9.88 Å².